The second-order valence-electron chi connectivity index (χ2n) is 4.71. The van der Waals surface area contributed by atoms with Gasteiger partial charge in [0, 0.05) is 25.0 Å². The standard InChI is InChI=1S/C17H16F2N2O/c18-16(19)13-21(12-15-4-2-1-3-5-15)17(22)7-6-14-8-10-20-11-9-14/h1-11,16H,12-13H2/b7-6+. The molecule has 0 atom stereocenters. The highest BCUT2D eigenvalue weighted by atomic mass is 19.3. The van der Waals surface area contributed by atoms with E-state index in [0.29, 0.717) is 0 Å². The molecule has 0 bridgehead atoms. The Labute approximate surface area is 127 Å². The lowest BCUT2D eigenvalue weighted by Gasteiger charge is -2.20. The molecule has 5 heteroatoms. The minimum Gasteiger partial charge on any atom is -0.329 e. The first-order valence-electron chi connectivity index (χ1n) is 6.84. The Hall–Kier alpha value is -2.56. The lowest BCUT2D eigenvalue weighted by Crippen LogP contribution is -2.33. The van der Waals surface area contributed by atoms with E-state index in [4.69, 9.17) is 0 Å². The molecule has 0 unspecified atom stereocenters. The zero-order valence-corrected chi connectivity index (χ0v) is 11.9. The Morgan fingerprint density at radius 3 is 2.45 bits per heavy atom. The second kappa shape index (κ2) is 8.02. The predicted octanol–water partition coefficient (Wildman–Crippen LogP) is 3.39. The summed E-state index contributed by atoms with van der Waals surface area (Å²) >= 11 is 0. The fraction of sp³-hybridized carbons (Fsp3) is 0.176. The van der Waals surface area contributed by atoms with E-state index in [1.807, 2.05) is 18.2 Å². The van der Waals surface area contributed by atoms with Crippen molar-refractivity contribution in [3.05, 3.63) is 72.1 Å². The molecule has 0 fully saturated rings. The van der Waals surface area contributed by atoms with Gasteiger partial charge in [0.25, 0.3) is 6.43 Å². The quantitative estimate of drug-likeness (QED) is 0.766. The number of hydrogen-bond donors (Lipinski definition) is 0. The van der Waals surface area contributed by atoms with E-state index in [-0.39, 0.29) is 6.54 Å². The summed E-state index contributed by atoms with van der Waals surface area (Å²) in [5.74, 6) is -0.444. The van der Waals surface area contributed by atoms with Crippen LogP contribution in [0.2, 0.25) is 0 Å². The van der Waals surface area contributed by atoms with E-state index < -0.39 is 18.9 Å². The first-order valence-corrected chi connectivity index (χ1v) is 6.84. The van der Waals surface area contributed by atoms with Crippen LogP contribution in [0.15, 0.2) is 60.9 Å². The van der Waals surface area contributed by atoms with Gasteiger partial charge in [0.15, 0.2) is 0 Å². The average molecular weight is 302 g/mol. The fourth-order valence-electron chi connectivity index (χ4n) is 1.95. The van der Waals surface area contributed by atoms with Gasteiger partial charge in [-0.1, -0.05) is 30.3 Å². The van der Waals surface area contributed by atoms with Crippen LogP contribution in [-0.4, -0.2) is 28.8 Å². The third-order valence-corrected chi connectivity index (χ3v) is 3.01. The molecule has 0 saturated carbocycles. The smallest absolute Gasteiger partial charge is 0.255 e. The maximum Gasteiger partial charge on any atom is 0.255 e. The van der Waals surface area contributed by atoms with Gasteiger partial charge in [0.2, 0.25) is 5.91 Å². The van der Waals surface area contributed by atoms with Gasteiger partial charge in [0.05, 0.1) is 6.54 Å². The minimum atomic E-state index is -2.57. The average Bonchev–Trinajstić information content (AvgIpc) is 2.53. The van der Waals surface area contributed by atoms with Crippen molar-refractivity contribution in [1.82, 2.24) is 9.88 Å². The zero-order valence-electron chi connectivity index (χ0n) is 11.9. The Balaban J connectivity index is 2.07. The summed E-state index contributed by atoms with van der Waals surface area (Å²) in [6, 6.07) is 12.5. The molecule has 1 aromatic heterocycles. The van der Waals surface area contributed by atoms with Crippen LogP contribution in [0.5, 0.6) is 0 Å². The molecule has 2 aromatic rings. The molecule has 0 radical (unpaired) electrons. The SMILES string of the molecule is O=C(/C=C/c1ccncc1)N(Cc1ccccc1)CC(F)F. The molecule has 0 aliphatic rings. The van der Waals surface area contributed by atoms with Gasteiger partial charge >= 0.3 is 0 Å². The van der Waals surface area contributed by atoms with Gasteiger partial charge in [-0.2, -0.15) is 0 Å². The number of alkyl halides is 2. The van der Waals surface area contributed by atoms with Crippen LogP contribution in [0.3, 0.4) is 0 Å². The number of amides is 1. The molecule has 114 valence electrons. The van der Waals surface area contributed by atoms with E-state index in [2.05, 4.69) is 4.98 Å². The number of carbonyl (C=O) groups excluding carboxylic acids is 1. The number of pyridine rings is 1. The Morgan fingerprint density at radius 2 is 1.82 bits per heavy atom. The maximum absolute atomic E-state index is 12.7. The summed E-state index contributed by atoms with van der Waals surface area (Å²) in [5.41, 5.74) is 1.61. The van der Waals surface area contributed by atoms with Crippen molar-refractivity contribution in [2.45, 2.75) is 13.0 Å². The van der Waals surface area contributed by atoms with Crippen molar-refractivity contribution in [2.24, 2.45) is 0 Å². The van der Waals surface area contributed by atoms with Crippen LogP contribution in [0.1, 0.15) is 11.1 Å². The van der Waals surface area contributed by atoms with E-state index in [1.165, 1.54) is 6.08 Å². The van der Waals surface area contributed by atoms with Crippen LogP contribution in [0.25, 0.3) is 6.08 Å². The molecular weight excluding hydrogens is 286 g/mol. The van der Waals surface area contributed by atoms with Gasteiger partial charge in [-0.3, -0.25) is 9.78 Å². The highest BCUT2D eigenvalue weighted by Crippen LogP contribution is 2.09. The summed E-state index contributed by atoms with van der Waals surface area (Å²) in [6.07, 6.45) is 3.53. The lowest BCUT2D eigenvalue weighted by molar-refractivity contribution is -0.128. The fourth-order valence-corrected chi connectivity index (χ4v) is 1.95. The van der Waals surface area contributed by atoms with Crippen molar-refractivity contribution in [2.75, 3.05) is 6.54 Å². The van der Waals surface area contributed by atoms with Gasteiger partial charge in [-0.25, -0.2) is 8.78 Å². The van der Waals surface area contributed by atoms with Crippen molar-refractivity contribution >= 4 is 12.0 Å². The summed E-state index contributed by atoms with van der Waals surface area (Å²) in [4.78, 5) is 17.2. The van der Waals surface area contributed by atoms with E-state index in [0.717, 1.165) is 16.0 Å². The number of benzene rings is 1. The van der Waals surface area contributed by atoms with Gasteiger partial charge in [0.1, 0.15) is 0 Å². The molecule has 1 aromatic carbocycles. The van der Waals surface area contributed by atoms with Crippen LogP contribution in [0, 0.1) is 0 Å². The number of halogens is 2. The van der Waals surface area contributed by atoms with Crippen LogP contribution < -0.4 is 0 Å². The monoisotopic (exact) mass is 302 g/mol. The second-order valence-corrected chi connectivity index (χ2v) is 4.71. The van der Waals surface area contributed by atoms with Crippen LogP contribution in [0.4, 0.5) is 8.78 Å². The number of carbonyl (C=O) groups is 1. The molecule has 0 saturated heterocycles. The normalized spacial score (nSPS) is 11.0. The molecule has 2 rings (SSSR count). The van der Waals surface area contributed by atoms with Crippen LogP contribution in [-0.2, 0) is 11.3 Å². The molecule has 3 nitrogen and oxygen atoms in total. The largest absolute Gasteiger partial charge is 0.329 e. The van der Waals surface area contributed by atoms with Gasteiger partial charge in [-0.05, 0) is 29.3 Å². The van der Waals surface area contributed by atoms with Crippen molar-refractivity contribution < 1.29 is 13.6 Å². The Bertz CT molecular complexity index is 615. The zero-order chi connectivity index (χ0) is 15.8. The van der Waals surface area contributed by atoms with Gasteiger partial charge in [-0.15, -0.1) is 0 Å². The molecule has 0 N–H and O–H groups in total. The number of hydrogen-bond acceptors (Lipinski definition) is 2. The highest BCUT2D eigenvalue weighted by Gasteiger charge is 2.16. The predicted molar refractivity (Wildman–Crippen MR) is 81.1 cm³/mol. The number of rotatable bonds is 6. The Kier molecular flexibility index (Phi) is 5.77. The van der Waals surface area contributed by atoms with Gasteiger partial charge < -0.3 is 4.90 Å². The van der Waals surface area contributed by atoms with E-state index >= 15 is 0 Å². The first kappa shape index (κ1) is 15.8. The maximum atomic E-state index is 12.7. The topological polar surface area (TPSA) is 33.2 Å². The highest BCUT2D eigenvalue weighted by molar-refractivity contribution is 5.91. The molecule has 0 aliphatic heterocycles. The molecule has 22 heavy (non-hydrogen) atoms. The molecular formula is C17H16F2N2O. The molecule has 0 aliphatic carbocycles. The van der Waals surface area contributed by atoms with Crippen molar-refractivity contribution in [1.29, 1.82) is 0 Å². The van der Waals surface area contributed by atoms with E-state index in [9.17, 15) is 13.6 Å². The number of nitrogens with zero attached hydrogens (tertiary/aromatic N) is 2. The third kappa shape index (κ3) is 5.09. The molecule has 1 heterocycles. The van der Waals surface area contributed by atoms with Crippen molar-refractivity contribution in [3.63, 3.8) is 0 Å². The Morgan fingerprint density at radius 1 is 1.14 bits per heavy atom. The minimum absolute atomic E-state index is 0.157. The number of aromatic nitrogens is 1. The van der Waals surface area contributed by atoms with Crippen LogP contribution >= 0.6 is 0 Å². The lowest BCUT2D eigenvalue weighted by atomic mass is 10.2. The first-order chi connectivity index (χ1) is 10.6. The third-order valence-electron chi connectivity index (χ3n) is 3.01. The summed E-state index contributed by atoms with van der Waals surface area (Å²) in [7, 11) is 0. The summed E-state index contributed by atoms with van der Waals surface area (Å²) in [5, 5.41) is 0. The summed E-state index contributed by atoms with van der Waals surface area (Å²) in [6.45, 7) is -0.431. The van der Waals surface area contributed by atoms with Crippen molar-refractivity contribution in [3.8, 4) is 0 Å². The summed E-state index contributed by atoms with van der Waals surface area (Å²) < 4.78 is 25.4. The molecule has 1 amide bonds. The van der Waals surface area contributed by atoms with E-state index in [1.54, 1.807) is 42.7 Å². The molecule has 0 spiro atoms.